The lowest BCUT2D eigenvalue weighted by molar-refractivity contribution is -0.0644. The van der Waals surface area contributed by atoms with Gasteiger partial charge in [0.15, 0.2) is 0 Å². The number of hydrogen-bond donors (Lipinski definition) is 5. The number of aliphatic hydroxyl groups excluding tert-OH is 4. The summed E-state index contributed by atoms with van der Waals surface area (Å²) in [5.74, 6) is 1.13. The van der Waals surface area contributed by atoms with Gasteiger partial charge in [0.25, 0.3) is 0 Å². The summed E-state index contributed by atoms with van der Waals surface area (Å²) in [4.78, 5) is 29.2. The summed E-state index contributed by atoms with van der Waals surface area (Å²) in [5.41, 5.74) is 3.50. The number of hydrogen-bond acceptors (Lipinski definition) is 11. The molecule has 1 saturated carbocycles. The van der Waals surface area contributed by atoms with Crippen molar-refractivity contribution in [3.63, 3.8) is 0 Å². The molecule has 3 atom stereocenters. The summed E-state index contributed by atoms with van der Waals surface area (Å²) in [6.07, 6.45) is -2.05. The van der Waals surface area contributed by atoms with Crippen LogP contribution < -0.4 is 14.8 Å². The molecule has 0 unspecified atom stereocenters. The van der Waals surface area contributed by atoms with Crippen molar-refractivity contribution >= 4 is 12.1 Å². The van der Waals surface area contributed by atoms with Crippen molar-refractivity contribution in [1.29, 1.82) is 0 Å². The molecule has 0 bridgehead atoms. The van der Waals surface area contributed by atoms with Crippen LogP contribution in [0.15, 0.2) is 36.4 Å². The number of ether oxygens (including phenoxy) is 3. The molecule has 2 aliphatic rings. The Kier molecular flexibility index (Phi) is 12.4. The molecule has 0 aromatic heterocycles. The second-order valence-corrected chi connectivity index (χ2v) is 11.3. The fourth-order valence-corrected chi connectivity index (χ4v) is 5.29. The van der Waals surface area contributed by atoms with Gasteiger partial charge in [-0.1, -0.05) is 12.1 Å². The van der Waals surface area contributed by atoms with E-state index in [0.29, 0.717) is 68.9 Å². The van der Waals surface area contributed by atoms with Crippen LogP contribution in [0.25, 0.3) is 0 Å². The molecular formula is C32H45N3O9. The molecule has 1 aliphatic carbocycles. The van der Waals surface area contributed by atoms with E-state index in [-0.39, 0.29) is 25.5 Å². The summed E-state index contributed by atoms with van der Waals surface area (Å²) in [7, 11) is 1.39. The summed E-state index contributed by atoms with van der Waals surface area (Å²) in [6.45, 7) is 5.59. The van der Waals surface area contributed by atoms with E-state index >= 15 is 0 Å². The van der Waals surface area contributed by atoms with Crippen molar-refractivity contribution in [2.75, 3.05) is 53.0 Å². The Labute approximate surface area is 258 Å². The van der Waals surface area contributed by atoms with Crippen LogP contribution in [0.2, 0.25) is 0 Å². The zero-order chi connectivity index (χ0) is 31.6. The van der Waals surface area contributed by atoms with Crippen molar-refractivity contribution in [2.24, 2.45) is 0 Å². The van der Waals surface area contributed by atoms with E-state index in [1.165, 1.54) is 7.11 Å². The van der Waals surface area contributed by atoms with E-state index in [1.807, 2.05) is 13.0 Å². The van der Waals surface area contributed by atoms with Crippen molar-refractivity contribution in [3.05, 3.63) is 58.7 Å². The Morgan fingerprint density at radius 1 is 1.02 bits per heavy atom. The average molecular weight is 616 g/mol. The summed E-state index contributed by atoms with van der Waals surface area (Å²) in [6, 6.07) is 10.9. The molecule has 1 saturated heterocycles. The highest BCUT2D eigenvalue weighted by molar-refractivity contribution is 5.92. The Bertz CT molecular complexity index is 1230. The molecule has 0 radical (unpaired) electrons. The van der Waals surface area contributed by atoms with Gasteiger partial charge in [0.1, 0.15) is 17.6 Å². The van der Waals surface area contributed by atoms with Gasteiger partial charge in [0.05, 0.1) is 31.5 Å². The number of amides is 1. The first-order valence-electron chi connectivity index (χ1n) is 15.3. The van der Waals surface area contributed by atoms with Crippen LogP contribution in [0.1, 0.15) is 59.2 Å². The number of rotatable bonds is 15. The molecule has 5 N–H and O–H groups in total. The third kappa shape index (κ3) is 9.13. The highest BCUT2D eigenvalue weighted by atomic mass is 16.6. The van der Waals surface area contributed by atoms with E-state index in [0.717, 1.165) is 29.5 Å². The number of carbonyl (C=O) groups is 2. The molecule has 2 aromatic carbocycles. The fourth-order valence-electron chi connectivity index (χ4n) is 5.29. The quantitative estimate of drug-likeness (QED) is 0.185. The zero-order valence-corrected chi connectivity index (χ0v) is 25.5. The Morgan fingerprint density at radius 3 is 2.34 bits per heavy atom. The number of aliphatic hydroxyl groups is 4. The van der Waals surface area contributed by atoms with E-state index < -0.39 is 24.4 Å². The maximum absolute atomic E-state index is 12.8. The van der Waals surface area contributed by atoms with Gasteiger partial charge >= 0.3 is 12.1 Å². The van der Waals surface area contributed by atoms with Crippen LogP contribution in [-0.2, 0) is 17.8 Å². The Hall–Kier alpha value is -3.26. The number of carbonyl (C=O) groups excluding carboxylic acids is 2. The maximum atomic E-state index is 12.8. The van der Waals surface area contributed by atoms with Crippen LogP contribution >= 0.6 is 0 Å². The summed E-state index contributed by atoms with van der Waals surface area (Å²) >= 11 is 0. The molecule has 2 fully saturated rings. The minimum absolute atomic E-state index is 0.0152. The van der Waals surface area contributed by atoms with E-state index in [9.17, 15) is 24.9 Å². The Balaban J connectivity index is 1.24. The van der Waals surface area contributed by atoms with Crippen LogP contribution in [0.4, 0.5) is 4.79 Å². The van der Waals surface area contributed by atoms with Crippen molar-refractivity contribution in [3.8, 4) is 11.5 Å². The molecule has 12 heteroatoms. The predicted molar refractivity (Wildman–Crippen MR) is 162 cm³/mol. The summed E-state index contributed by atoms with van der Waals surface area (Å²) < 4.78 is 16.5. The molecule has 1 heterocycles. The lowest BCUT2D eigenvalue weighted by Crippen LogP contribution is -2.49. The highest BCUT2D eigenvalue weighted by Crippen LogP contribution is 2.44. The van der Waals surface area contributed by atoms with Crippen molar-refractivity contribution in [2.45, 2.75) is 63.5 Å². The van der Waals surface area contributed by atoms with Gasteiger partial charge in [0.2, 0.25) is 0 Å². The molecule has 44 heavy (non-hydrogen) atoms. The number of piperazine rings is 1. The van der Waals surface area contributed by atoms with Crippen molar-refractivity contribution < 1.29 is 44.2 Å². The molecule has 2 aromatic rings. The predicted octanol–water partition coefficient (Wildman–Crippen LogP) is 1.62. The molecule has 12 nitrogen and oxygen atoms in total. The summed E-state index contributed by atoms with van der Waals surface area (Å²) in [5, 5.41) is 41.5. The van der Waals surface area contributed by atoms with Crippen LogP contribution in [0.5, 0.6) is 11.5 Å². The monoisotopic (exact) mass is 615 g/mol. The van der Waals surface area contributed by atoms with Gasteiger partial charge in [-0.15, -0.1) is 0 Å². The molecule has 242 valence electrons. The normalized spacial score (nSPS) is 17.5. The number of methoxy groups -OCH3 is 1. The highest BCUT2D eigenvalue weighted by Gasteiger charge is 2.31. The molecular weight excluding hydrogens is 570 g/mol. The number of nitrogens with zero attached hydrogens (tertiary/aromatic N) is 2. The van der Waals surface area contributed by atoms with E-state index in [2.05, 4.69) is 16.3 Å². The van der Waals surface area contributed by atoms with Crippen LogP contribution in [0.3, 0.4) is 0 Å². The first-order valence-corrected chi connectivity index (χ1v) is 15.3. The molecule has 0 spiro atoms. The molecule has 4 rings (SSSR count). The second kappa shape index (κ2) is 16.2. The first-order chi connectivity index (χ1) is 21.2. The second-order valence-electron chi connectivity index (χ2n) is 11.3. The number of esters is 1. The van der Waals surface area contributed by atoms with Gasteiger partial charge in [-0.3, -0.25) is 4.90 Å². The third-order valence-corrected chi connectivity index (χ3v) is 8.00. The van der Waals surface area contributed by atoms with Gasteiger partial charge in [0, 0.05) is 58.0 Å². The average Bonchev–Trinajstić information content (AvgIpc) is 3.88. The van der Waals surface area contributed by atoms with Gasteiger partial charge in [-0.05, 0) is 67.5 Å². The standard InChI is InChI=1S/C32H45N3O9/c1-3-43-29-17-26(31(40)42-2)25(22-6-7-22)16-23(29)20-34-11-13-35(14-12-34)32(41)44-24-8-4-21(5-9-24)18-33-19-28(38)30(39)27(37)10-15-36/h4-5,8-9,16-17,22,27-28,30,33,36-39H,3,6-7,10-15,18-20H2,1-2H3/t27-,28+,30+/m1/s1. The van der Waals surface area contributed by atoms with Gasteiger partial charge in [-0.25, -0.2) is 9.59 Å². The minimum Gasteiger partial charge on any atom is -0.494 e. The van der Waals surface area contributed by atoms with E-state index in [4.69, 9.17) is 19.3 Å². The van der Waals surface area contributed by atoms with Crippen LogP contribution in [0, 0.1) is 0 Å². The first kappa shape index (κ1) is 33.6. The maximum Gasteiger partial charge on any atom is 0.415 e. The minimum atomic E-state index is -1.36. The third-order valence-electron chi connectivity index (χ3n) is 8.00. The van der Waals surface area contributed by atoms with E-state index in [1.54, 1.807) is 29.2 Å². The van der Waals surface area contributed by atoms with Gasteiger partial charge in [-0.2, -0.15) is 0 Å². The smallest absolute Gasteiger partial charge is 0.415 e. The SMILES string of the molecule is CCOc1cc(C(=O)OC)c(C2CC2)cc1CN1CCN(C(=O)Oc2ccc(CNC[C@H](O)[C@@H](O)[C@H](O)CCO)cc2)CC1. The number of nitrogens with one attached hydrogen (secondary N) is 1. The number of benzene rings is 2. The van der Waals surface area contributed by atoms with Gasteiger partial charge < -0.3 is 44.9 Å². The lowest BCUT2D eigenvalue weighted by atomic mass is 9.98. The fraction of sp³-hybridized carbons (Fsp3) is 0.562. The largest absolute Gasteiger partial charge is 0.494 e. The Morgan fingerprint density at radius 2 is 1.73 bits per heavy atom. The van der Waals surface area contributed by atoms with Crippen molar-refractivity contribution in [1.82, 2.24) is 15.1 Å². The topological polar surface area (TPSA) is 161 Å². The lowest BCUT2D eigenvalue weighted by Gasteiger charge is -2.34. The van der Waals surface area contributed by atoms with Crippen LogP contribution in [-0.4, -0.2) is 114 Å². The zero-order valence-electron chi connectivity index (χ0n) is 25.5. The molecule has 1 aliphatic heterocycles. The molecule has 1 amide bonds.